The Labute approximate surface area is 186 Å². The molecule has 162 valence electrons. The van der Waals surface area contributed by atoms with Crippen molar-refractivity contribution >= 4 is 50.0 Å². The standard InChI is InChI=1S/C14H29O.C4H6O7S.Na/c1-3-5-6-7-8-9-10-11-12-13-14-15-4-2;5-3(6)1-2(4(7)8)12(9,10)11;/h2-14H2,1H3;2H,1H2,(H,5,6)(H,7,8)(H,9,10,11);. The minimum atomic E-state index is -4.84. The van der Waals surface area contributed by atoms with E-state index in [1.54, 1.807) is 0 Å². The fourth-order valence-electron chi connectivity index (χ4n) is 2.42. The fourth-order valence-corrected chi connectivity index (χ4v) is 3.31. The summed E-state index contributed by atoms with van der Waals surface area (Å²) in [6, 6.07) is 0. The van der Waals surface area contributed by atoms with Gasteiger partial charge in [0, 0.05) is 0 Å². The van der Waals surface area contributed by atoms with Gasteiger partial charge in [-0.05, 0) is 0 Å². The van der Waals surface area contributed by atoms with Crippen LogP contribution in [0.2, 0.25) is 3.67 Å². The van der Waals surface area contributed by atoms with E-state index in [0.717, 1.165) is 13.2 Å². The molecule has 0 aliphatic heterocycles. The Morgan fingerprint density at radius 3 is 1.68 bits per heavy atom. The molecule has 8 nitrogen and oxygen atoms in total. The second kappa shape index (κ2) is 20.1. The molecule has 0 aliphatic rings. The van der Waals surface area contributed by atoms with Crippen LogP contribution in [0.1, 0.15) is 77.6 Å². The van der Waals surface area contributed by atoms with Gasteiger partial charge < -0.3 is 10.2 Å². The average molecular weight is 435 g/mol. The number of hydrogen-bond donors (Lipinski definition) is 3. The van der Waals surface area contributed by atoms with Crippen molar-refractivity contribution in [2.45, 2.75) is 86.5 Å². The molecule has 0 saturated carbocycles. The van der Waals surface area contributed by atoms with Crippen LogP contribution in [0.5, 0.6) is 0 Å². The zero-order valence-corrected chi connectivity index (χ0v) is 20.1. The number of carboxylic acids is 2. The first-order valence-electron chi connectivity index (χ1n) is 10.1. The summed E-state index contributed by atoms with van der Waals surface area (Å²) in [7, 11) is -4.84. The van der Waals surface area contributed by atoms with Crippen LogP contribution in [0, 0.1) is 0 Å². The summed E-state index contributed by atoms with van der Waals surface area (Å²) in [5.41, 5.74) is 0. The minimum absolute atomic E-state index is 0.999. The van der Waals surface area contributed by atoms with Gasteiger partial charge in [-0.15, -0.1) is 0 Å². The monoisotopic (exact) mass is 434 g/mol. The van der Waals surface area contributed by atoms with Crippen LogP contribution < -0.4 is 0 Å². The van der Waals surface area contributed by atoms with E-state index in [0.29, 0.717) is 0 Å². The van der Waals surface area contributed by atoms with Gasteiger partial charge in [-0.1, -0.05) is 19.8 Å². The van der Waals surface area contributed by atoms with Crippen LogP contribution in [0.4, 0.5) is 0 Å². The molecule has 0 bridgehead atoms. The van der Waals surface area contributed by atoms with Gasteiger partial charge in [0.15, 0.2) is 5.25 Å². The summed E-state index contributed by atoms with van der Waals surface area (Å²) in [5.74, 6) is -3.50. The predicted molar refractivity (Wildman–Crippen MR) is 108 cm³/mol. The second-order valence-electron chi connectivity index (χ2n) is 6.73. The van der Waals surface area contributed by atoms with E-state index in [2.05, 4.69) is 6.92 Å². The smallest absolute Gasteiger partial charge is 0.325 e. The summed E-state index contributed by atoms with van der Waals surface area (Å²) in [4.78, 5) is 20.0. The molecule has 0 aliphatic carbocycles. The van der Waals surface area contributed by atoms with E-state index in [-0.39, 0.29) is 0 Å². The van der Waals surface area contributed by atoms with Crippen molar-refractivity contribution in [3.63, 3.8) is 0 Å². The van der Waals surface area contributed by atoms with Gasteiger partial charge in [-0.25, -0.2) is 0 Å². The SMILES string of the molecule is CCCCCCCCCCCCOC[CH2][Na].O=C(O)CC(C(=O)O)S(=O)(=O)O. The first-order valence-corrected chi connectivity index (χ1v) is 13.1. The largest absolute Gasteiger partial charge is 0.481 e. The maximum atomic E-state index is 10.2. The normalized spacial score (nSPS) is 12.1. The molecule has 1 atom stereocenters. The number of ether oxygens (including phenoxy) is 1. The summed E-state index contributed by atoms with van der Waals surface area (Å²) in [6.07, 6.45) is 12.9. The molecule has 0 aromatic carbocycles. The summed E-state index contributed by atoms with van der Waals surface area (Å²) in [5, 5.41) is 13.9. The molecular weight excluding hydrogens is 399 g/mol. The van der Waals surface area contributed by atoms with Crippen molar-refractivity contribution in [2.24, 2.45) is 0 Å². The molecule has 0 radical (unpaired) electrons. The molecule has 0 rings (SSSR count). The van der Waals surface area contributed by atoms with E-state index in [4.69, 9.17) is 19.5 Å². The predicted octanol–water partition coefficient (Wildman–Crippen LogP) is 3.31. The topological polar surface area (TPSA) is 138 Å². The third-order valence-corrected chi connectivity index (χ3v) is 5.48. The van der Waals surface area contributed by atoms with Gasteiger partial charge in [0.25, 0.3) is 10.1 Å². The van der Waals surface area contributed by atoms with Crippen LogP contribution in [0.25, 0.3) is 0 Å². The van der Waals surface area contributed by atoms with E-state index in [9.17, 15) is 18.0 Å². The Balaban J connectivity index is 0. The summed E-state index contributed by atoms with van der Waals surface area (Å²) < 4.78 is 35.4. The zero-order valence-electron chi connectivity index (χ0n) is 17.3. The Bertz CT molecular complexity index is 482. The molecule has 0 fully saturated rings. The molecule has 0 saturated heterocycles. The summed E-state index contributed by atoms with van der Waals surface area (Å²) >= 11 is 1.29. The number of hydrogen-bond acceptors (Lipinski definition) is 5. The van der Waals surface area contributed by atoms with Crippen LogP contribution >= 0.6 is 0 Å². The van der Waals surface area contributed by atoms with Crippen LogP contribution in [0.3, 0.4) is 0 Å². The third kappa shape index (κ3) is 22.1. The van der Waals surface area contributed by atoms with Gasteiger partial charge in [0.1, 0.15) is 0 Å². The number of unbranched alkanes of at least 4 members (excludes halogenated alkanes) is 9. The van der Waals surface area contributed by atoms with E-state index < -0.39 is 33.7 Å². The zero-order chi connectivity index (χ0) is 21.8. The molecule has 10 heteroatoms. The van der Waals surface area contributed by atoms with Gasteiger partial charge >= 0.3 is 113 Å². The Kier molecular flexibility index (Phi) is 21.5. The molecular formula is C18H35NaO8S. The van der Waals surface area contributed by atoms with Crippen molar-refractivity contribution < 1.29 is 37.5 Å². The van der Waals surface area contributed by atoms with Crippen molar-refractivity contribution in [2.75, 3.05) is 13.2 Å². The van der Waals surface area contributed by atoms with Gasteiger partial charge in [0.2, 0.25) is 0 Å². The fraction of sp³-hybridized carbons (Fsp3) is 0.889. The number of carboxylic acid groups (broad SMARTS) is 2. The van der Waals surface area contributed by atoms with Crippen molar-refractivity contribution in [3.8, 4) is 0 Å². The van der Waals surface area contributed by atoms with E-state index >= 15 is 0 Å². The van der Waals surface area contributed by atoms with E-state index in [1.807, 2.05) is 0 Å². The Morgan fingerprint density at radius 1 is 0.893 bits per heavy atom. The molecule has 0 aromatic rings. The molecule has 1 unspecified atom stereocenters. The van der Waals surface area contributed by atoms with Gasteiger partial charge in [-0.2, -0.15) is 8.42 Å². The van der Waals surface area contributed by atoms with Crippen LogP contribution in [0.15, 0.2) is 0 Å². The first kappa shape index (κ1) is 30.0. The van der Waals surface area contributed by atoms with E-state index in [1.165, 1.54) is 95.8 Å². The van der Waals surface area contributed by atoms with Crippen molar-refractivity contribution in [1.82, 2.24) is 0 Å². The summed E-state index contributed by atoms with van der Waals surface area (Å²) in [6.45, 7) is 4.28. The Morgan fingerprint density at radius 2 is 1.36 bits per heavy atom. The molecule has 3 N–H and O–H groups in total. The second-order valence-corrected chi connectivity index (χ2v) is 9.33. The van der Waals surface area contributed by atoms with Crippen molar-refractivity contribution in [1.29, 1.82) is 0 Å². The molecule has 0 spiro atoms. The van der Waals surface area contributed by atoms with Crippen LogP contribution in [-0.2, 0) is 24.4 Å². The number of carbonyl (C=O) groups is 2. The Hall–Kier alpha value is -0.190. The molecule has 0 amide bonds. The van der Waals surface area contributed by atoms with Gasteiger partial charge in [0.05, 0.1) is 6.42 Å². The quantitative estimate of drug-likeness (QED) is 0.180. The maximum absolute atomic E-state index is 10.2. The maximum Gasteiger partial charge on any atom is 0.325 e. The molecule has 0 aromatic heterocycles. The minimum Gasteiger partial charge on any atom is -0.481 e. The average Bonchev–Trinajstić information content (AvgIpc) is 2.60. The third-order valence-electron chi connectivity index (χ3n) is 3.99. The van der Waals surface area contributed by atoms with Gasteiger partial charge in [-0.3, -0.25) is 14.1 Å². The molecule has 0 heterocycles. The van der Waals surface area contributed by atoms with Crippen molar-refractivity contribution in [3.05, 3.63) is 0 Å². The molecule has 28 heavy (non-hydrogen) atoms. The number of aliphatic carboxylic acids is 2. The van der Waals surface area contributed by atoms with Crippen LogP contribution in [-0.4, -0.2) is 81.5 Å². The number of rotatable bonds is 17. The first-order chi connectivity index (χ1) is 13.2.